The summed E-state index contributed by atoms with van der Waals surface area (Å²) in [5.41, 5.74) is 4.24. The number of hydrogen-bond donors (Lipinski definition) is 0. The Hall–Kier alpha value is -2.30. The van der Waals surface area contributed by atoms with Gasteiger partial charge in [0.05, 0.1) is 18.7 Å². The first-order valence-electron chi connectivity index (χ1n) is 9.24. The molecule has 0 radical (unpaired) electrons. The third kappa shape index (κ3) is 5.35. The summed E-state index contributed by atoms with van der Waals surface area (Å²) in [7, 11) is 1.82. The molecule has 0 fully saturated rings. The van der Waals surface area contributed by atoms with Gasteiger partial charge in [0.2, 0.25) is 5.91 Å². The number of carbonyl (C=O) groups excluding carboxylic acids is 1. The van der Waals surface area contributed by atoms with Crippen LogP contribution < -0.4 is 4.74 Å². The first kappa shape index (κ1) is 20.0. The summed E-state index contributed by atoms with van der Waals surface area (Å²) in [5, 5.41) is 4.59. The minimum absolute atomic E-state index is 0.0909. The van der Waals surface area contributed by atoms with Crippen LogP contribution in [0, 0.1) is 26.7 Å². The zero-order valence-electron chi connectivity index (χ0n) is 16.9. The van der Waals surface area contributed by atoms with Crippen molar-refractivity contribution in [2.75, 3.05) is 20.2 Å². The molecule has 5 nitrogen and oxygen atoms in total. The topological polar surface area (TPSA) is 47.4 Å². The van der Waals surface area contributed by atoms with E-state index in [9.17, 15) is 4.79 Å². The van der Waals surface area contributed by atoms with Gasteiger partial charge in [0.25, 0.3) is 0 Å². The van der Waals surface area contributed by atoms with Crippen LogP contribution in [0.3, 0.4) is 0 Å². The van der Waals surface area contributed by atoms with Crippen molar-refractivity contribution in [3.8, 4) is 5.75 Å². The van der Waals surface area contributed by atoms with E-state index in [0.29, 0.717) is 25.5 Å². The Morgan fingerprint density at radius 2 is 2.00 bits per heavy atom. The molecule has 0 unspecified atom stereocenters. The summed E-state index contributed by atoms with van der Waals surface area (Å²) in [5.74, 6) is 1.46. The molecule has 1 aromatic heterocycles. The number of hydrogen-bond acceptors (Lipinski definition) is 3. The lowest BCUT2D eigenvalue weighted by atomic mass is 10.1. The highest BCUT2D eigenvalue weighted by atomic mass is 16.5. The molecule has 0 saturated carbocycles. The molecule has 1 heterocycles. The predicted octanol–water partition coefficient (Wildman–Crippen LogP) is 3.54. The van der Waals surface area contributed by atoms with Crippen LogP contribution in [0.15, 0.2) is 24.3 Å². The Kier molecular flexibility index (Phi) is 6.83. The molecule has 2 rings (SSSR count). The Labute approximate surface area is 157 Å². The van der Waals surface area contributed by atoms with E-state index in [2.05, 4.69) is 18.9 Å². The third-order valence-electron chi connectivity index (χ3n) is 4.51. The van der Waals surface area contributed by atoms with E-state index in [0.717, 1.165) is 34.8 Å². The Morgan fingerprint density at radius 3 is 2.65 bits per heavy atom. The monoisotopic (exact) mass is 357 g/mol. The molecule has 0 atom stereocenters. The lowest BCUT2D eigenvalue weighted by Gasteiger charge is -2.18. The molecule has 142 valence electrons. The summed E-state index contributed by atoms with van der Waals surface area (Å²) in [4.78, 5) is 14.3. The van der Waals surface area contributed by atoms with E-state index in [4.69, 9.17) is 4.74 Å². The van der Waals surface area contributed by atoms with Gasteiger partial charge in [-0.2, -0.15) is 5.10 Å². The van der Waals surface area contributed by atoms with Gasteiger partial charge in [-0.1, -0.05) is 26.0 Å². The first-order valence-corrected chi connectivity index (χ1v) is 9.24. The van der Waals surface area contributed by atoms with Crippen molar-refractivity contribution in [2.24, 2.45) is 5.92 Å². The maximum atomic E-state index is 12.6. The van der Waals surface area contributed by atoms with Gasteiger partial charge < -0.3 is 9.64 Å². The third-order valence-corrected chi connectivity index (χ3v) is 4.51. The Balaban J connectivity index is 1.89. The van der Waals surface area contributed by atoms with Gasteiger partial charge in [-0.3, -0.25) is 9.48 Å². The van der Waals surface area contributed by atoms with Crippen molar-refractivity contribution >= 4 is 5.91 Å². The zero-order chi connectivity index (χ0) is 19.3. The number of aryl methyl sites for hydroxylation is 2. The smallest absolute Gasteiger partial charge is 0.226 e. The van der Waals surface area contributed by atoms with Crippen molar-refractivity contribution in [3.63, 3.8) is 0 Å². The van der Waals surface area contributed by atoms with Crippen LogP contribution in [0.25, 0.3) is 0 Å². The van der Waals surface area contributed by atoms with Crippen molar-refractivity contribution < 1.29 is 9.53 Å². The van der Waals surface area contributed by atoms with Crippen molar-refractivity contribution in [2.45, 2.75) is 47.6 Å². The highest BCUT2D eigenvalue weighted by Gasteiger charge is 2.17. The fourth-order valence-corrected chi connectivity index (χ4v) is 2.93. The SMILES string of the molecule is Cc1cccc(OCCN(C)C(=O)Cc2c(C)nn(CC(C)C)c2C)c1. The minimum atomic E-state index is 0.0909. The summed E-state index contributed by atoms with van der Waals surface area (Å²) in [6.45, 7) is 12.3. The number of amides is 1. The Bertz CT molecular complexity index is 750. The number of likely N-dealkylation sites (N-methyl/N-ethyl adjacent to an activating group) is 1. The van der Waals surface area contributed by atoms with E-state index in [1.807, 2.05) is 56.8 Å². The van der Waals surface area contributed by atoms with Crippen LogP contribution in [0.2, 0.25) is 0 Å². The normalized spacial score (nSPS) is 11.0. The molecule has 0 bridgehead atoms. The average molecular weight is 357 g/mol. The average Bonchev–Trinajstić information content (AvgIpc) is 2.81. The largest absolute Gasteiger partial charge is 0.492 e. The van der Waals surface area contributed by atoms with Crippen LogP contribution in [0.4, 0.5) is 0 Å². The van der Waals surface area contributed by atoms with Gasteiger partial charge in [0.1, 0.15) is 12.4 Å². The summed E-state index contributed by atoms with van der Waals surface area (Å²) in [6.07, 6.45) is 0.386. The fraction of sp³-hybridized carbons (Fsp3) is 0.524. The van der Waals surface area contributed by atoms with Gasteiger partial charge >= 0.3 is 0 Å². The van der Waals surface area contributed by atoms with Gasteiger partial charge in [0.15, 0.2) is 0 Å². The zero-order valence-corrected chi connectivity index (χ0v) is 16.9. The number of aromatic nitrogens is 2. The maximum Gasteiger partial charge on any atom is 0.226 e. The quantitative estimate of drug-likeness (QED) is 0.726. The van der Waals surface area contributed by atoms with Gasteiger partial charge in [-0.15, -0.1) is 0 Å². The van der Waals surface area contributed by atoms with Crippen LogP contribution in [0.5, 0.6) is 5.75 Å². The Morgan fingerprint density at radius 1 is 1.27 bits per heavy atom. The molecule has 0 aliphatic rings. The van der Waals surface area contributed by atoms with Crippen LogP contribution >= 0.6 is 0 Å². The van der Waals surface area contributed by atoms with E-state index >= 15 is 0 Å². The van der Waals surface area contributed by atoms with Gasteiger partial charge in [-0.25, -0.2) is 0 Å². The highest BCUT2D eigenvalue weighted by molar-refractivity contribution is 5.79. The molecule has 26 heavy (non-hydrogen) atoms. The maximum absolute atomic E-state index is 12.6. The molecule has 0 aliphatic heterocycles. The van der Waals surface area contributed by atoms with E-state index in [1.54, 1.807) is 4.90 Å². The summed E-state index contributed by atoms with van der Waals surface area (Å²) >= 11 is 0. The minimum Gasteiger partial charge on any atom is -0.492 e. The van der Waals surface area contributed by atoms with Crippen LogP contribution in [0.1, 0.15) is 36.4 Å². The van der Waals surface area contributed by atoms with Crippen LogP contribution in [-0.2, 0) is 17.8 Å². The summed E-state index contributed by atoms with van der Waals surface area (Å²) in [6, 6.07) is 7.94. The summed E-state index contributed by atoms with van der Waals surface area (Å²) < 4.78 is 7.76. The number of nitrogens with zero attached hydrogens (tertiary/aromatic N) is 3. The molecule has 0 aliphatic carbocycles. The van der Waals surface area contributed by atoms with Crippen molar-refractivity contribution in [1.29, 1.82) is 0 Å². The standard InChI is InChI=1S/C21H31N3O2/c1-15(2)14-24-18(5)20(17(4)22-24)13-21(25)23(6)10-11-26-19-9-7-8-16(3)12-19/h7-9,12,15H,10-11,13-14H2,1-6H3. The second-order valence-corrected chi connectivity index (χ2v) is 7.38. The molecule has 5 heteroatoms. The first-order chi connectivity index (χ1) is 12.3. The van der Waals surface area contributed by atoms with E-state index in [-0.39, 0.29) is 5.91 Å². The fourth-order valence-electron chi connectivity index (χ4n) is 2.93. The lowest BCUT2D eigenvalue weighted by molar-refractivity contribution is -0.129. The number of rotatable bonds is 8. The number of benzene rings is 1. The molecule has 2 aromatic rings. The number of ether oxygens (including phenoxy) is 1. The van der Waals surface area contributed by atoms with Crippen molar-refractivity contribution in [3.05, 3.63) is 46.8 Å². The molecule has 0 spiro atoms. The van der Waals surface area contributed by atoms with Gasteiger partial charge in [-0.05, 0) is 44.4 Å². The van der Waals surface area contributed by atoms with Gasteiger partial charge in [0, 0.05) is 24.8 Å². The molecular formula is C21H31N3O2. The highest BCUT2D eigenvalue weighted by Crippen LogP contribution is 2.16. The lowest BCUT2D eigenvalue weighted by Crippen LogP contribution is -2.32. The van der Waals surface area contributed by atoms with Crippen LogP contribution in [-0.4, -0.2) is 40.8 Å². The predicted molar refractivity (Wildman–Crippen MR) is 105 cm³/mol. The second-order valence-electron chi connectivity index (χ2n) is 7.38. The van der Waals surface area contributed by atoms with E-state index < -0.39 is 0 Å². The molecule has 1 amide bonds. The van der Waals surface area contributed by atoms with E-state index in [1.165, 1.54) is 0 Å². The number of carbonyl (C=O) groups is 1. The molecular weight excluding hydrogens is 326 g/mol. The second kappa shape index (κ2) is 8.88. The van der Waals surface area contributed by atoms with Crippen molar-refractivity contribution in [1.82, 2.24) is 14.7 Å². The molecule has 1 aromatic carbocycles. The molecule has 0 saturated heterocycles. The molecule has 0 N–H and O–H groups in total.